The van der Waals surface area contributed by atoms with E-state index >= 15 is 0 Å². The Bertz CT molecular complexity index is 715. The van der Waals surface area contributed by atoms with Crippen LogP contribution in [0.2, 0.25) is 0 Å². The fourth-order valence-electron chi connectivity index (χ4n) is 1.71. The van der Waals surface area contributed by atoms with Gasteiger partial charge in [-0.2, -0.15) is 0 Å². The minimum absolute atomic E-state index is 0.0803. The number of sulfonamides is 1. The quantitative estimate of drug-likeness (QED) is 0.882. The van der Waals surface area contributed by atoms with Crippen LogP contribution in [0.1, 0.15) is 12.5 Å². The third-order valence-corrected chi connectivity index (χ3v) is 4.61. The summed E-state index contributed by atoms with van der Waals surface area (Å²) in [6.45, 7) is 1.96. The van der Waals surface area contributed by atoms with Crippen LogP contribution in [0.15, 0.2) is 45.9 Å². The standard InChI is InChI=1S/C13H14BrN3O2S/c1-2-9-7-10(14)3-5-12(9)17-20(18,19)11-4-6-13(15)16-8-11/h3-8,17H,2H2,1H3,(H2,15,16). The number of aryl methyl sites for hydroxylation is 1. The van der Waals surface area contributed by atoms with Gasteiger partial charge < -0.3 is 5.73 Å². The monoisotopic (exact) mass is 355 g/mol. The van der Waals surface area contributed by atoms with Gasteiger partial charge in [0.25, 0.3) is 10.0 Å². The Kier molecular flexibility index (Phi) is 4.29. The van der Waals surface area contributed by atoms with Gasteiger partial charge in [-0.3, -0.25) is 4.72 Å². The molecular formula is C13H14BrN3O2S. The molecule has 1 aromatic carbocycles. The van der Waals surface area contributed by atoms with Crippen LogP contribution in [-0.2, 0) is 16.4 Å². The first-order valence-electron chi connectivity index (χ1n) is 5.95. The average Bonchev–Trinajstić information content (AvgIpc) is 2.41. The van der Waals surface area contributed by atoms with Crippen molar-refractivity contribution in [1.29, 1.82) is 0 Å². The van der Waals surface area contributed by atoms with E-state index in [2.05, 4.69) is 25.6 Å². The van der Waals surface area contributed by atoms with Gasteiger partial charge in [-0.05, 0) is 42.3 Å². The van der Waals surface area contributed by atoms with Crippen molar-refractivity contribution < 1.29 is 8.42 Å². The minimum atomic E-state index is -3.66. The fourth-order valence-corrected chi connectivity index (χ4v) is 3.16. The Morgan fingerprint density at radius 3 is 2.65 bits per heavy atom. The van der Waals surface area contributed by atoms with Gasteiger partial charge in [-0.25, -0.2) is 13.4 Å². The van der Waals surface area contributed by atoms with E-state index in [4.69, 9.17) is 5.73 Å². The maximum absolute atomic E-state index is 12.3. The number of nitrogens with zero attached hydrogens (tertiary/aromatic N) is 1. The molecule has 0 radical (unpaired) electrons. The molecule has 0 saturated heterocycles. The molecule has 0 unspecified atom stereocenters. The first-order valence-corrected chi connectivity index (χ1v) is 8.23. The number of hydrogen-bond donors (Lipinski definition) is 2. The van der Waals surface area contributed by atoms with Crippen LogP contribution in [0.3, 0.4) is 0 Å². The molecule has 5 nitrogen and oxygen atoms in total. The number of benzene rings is 1. The topological polar surface area (TPSA) is 85.1 Å². The minimum Gasteiger partial charge on any atom is -0.384 e. The normalized spacial score (nSPS) is 11.3. The highest BCUT2D eigenvalue weighted by Gasteiger charge is 2.16. The Balaban J connectivity index is 2.35. The van der Waals surface area contributed by atoms with E-state index in [0.717, 1.165) is 16.5 Å². The van der Waals surface area contributed by atoms with Crippen LogP contribution in [0.4, 0.5) is 11.5 Å². The Hall–Kier alpha value is -1.60. The second-order valence-corrected chi connectivity index (χ2v) is 6.78. The molecule has 0 bridgehead atoms. The highest BCUT2D eigenvalue weighted by atomic mass is 79.9. The van der Waals surface area contributed by atoms with E-state index in [1.807, 2.05) is 13.0 Å². The molecule has 2 aromatic rings. The highest BCUT2D eigenvalue weighted by Crippen LogP contribution is 2.24. The molecule has 0 amide bonds. The number of aromatic nitrogens is 1. The summed E-state index contributed by atoms with van der Waals surface area (Å²) in [4.78, 5) is 3.88. The van der Waals surface area contributed by atoms with Crippen LogP contribution in [0, 0.1) is 0 Å². The third-order valence-electron chi connectivity index (χ3n) is 2.76. The van der Waals surface area contributed by atoms with Gasteiger partial charge in [0.05, 0.1) is 5.69 Å². The lowest BCUT2D eigenvalue weighted by Gasteiger charge is -2.12. The molecule has 7 heteroatoms. The predicted octanol–water partition coefficient (Wildman–Crippen LogP) is 2.79. The molecule has 2 rings (SSSR count). The van der Waals surface area contributed by atoms with E-state index in [1.54, 1.807) is 12.1 Å². The lowest BCUT2D eigenvalue weighted by atomic mass is 10.1. The third kappa shape index (κ3) is 3.29. The van der Waals surface area contributed by atoms with E-state index < -0.39 is 10.0 Å². The molecule has 106 valence electrons. The highest BCUT2D eigenvalue weighted by molar-refractivity contribution is 9.10. The van der Waals surface area contributed by atoms with E-state index in [9.17, 15) is 8.42 Å². The summed E-state index contributed by atoms with van der Waals surface area (Å²) >= 11 is 3.37. The van der Waals surface area contributed by atoms with E-state index in [0.29, 0.717) is 5.69 Å². The zero-order valence-corrected chi connectivity index (χ0v) is 13.2. The average molecular weight is 356 g/mol. The molecule has 0 saturated carbocycles. The van der Waals surface area contributed by atoms with E-state index in [1.165, 1.54) is 18.3 Å². The number of nitrogen functional groups attached to an aromatic ring is 1. The SMILES string of the molecule is CCc1cc(Br)ccc1NS(=O)(=O)c1ccc(N)nc1. The van der Waals surface area contributed by atoms with Crippen molar-refractivity contribution in [1.82, 2.24) is 4.98 Å². The predicted molar refractivity (Wildman–Crippen MR) is 83.0 cm³/mol. The van der Waals surface area contributed by atoms with Gasteiger partial charge >= 0.3 is 0 Å². The maximum Gasteiger partial charge on any atom is 0.263 e. The zero-order valence-electron chi connectivity index (χ0n) is 10.8. The van der Waals surface area contributed by atoms with Crippen molar-refractivity contribution in [3.8, 4) is 0 Å². The van der Waals surface area contributed by atoms with Gasteiger partial charge in [0.1, 0.15) is 10.7 Å². The van der Waals surface area contributed by atoms with Crippen molar-refractivity contribution in [2.45, 2.75) is 18.2 Å². The molecule has 3 N–H and O–H groups in total. The largest absolute Gasteiger partial charge is 0.384 e. The molecule has 0 spiro atoms. The fraction of sp³-hybridized carbons (Fsp3) is 0.154. The molecule has 0 aliphatic rings. The number of rotatable bonds is 4. The van der Waals surface area contributed by atoms with Crippen LogP contribution in [0.5, 0.6) is 0 Å². The van der Waals surface area contributed by atoms with Crippen molar-refractivity contribution in [3.63, 3.8) is 0 Å². The maximum atomic E-state index is 12.3. The number of hydrogen-bond acceptors (Lipinski definition) is 4. The van der Waals surface area contributed by atoms with Gasteiger partial charge in [-0.1, -0.05) is 22.9 Å². The van der Waals surface area contributed by atoms with Crippen LogP contribution < -0.4 is 10.5 Å². The second kappa shape index (κ2) is 5.80. The van der Waals surface area contributed by atoms with Gasteiger partial charge in [0.2, 0.25) is 0 Å². The van der Waals surface area contributed by atoms with Gasteiger partial charge in [0.15, 0.2) is 0 Å². The van der Waals surface area contributed by atoms with Crippen molar-refractivity contribution in [2.24, 2.45) is 0 Å². The molecule has 0 atom stereocenters. The Morgan fingerprint density at radius 2 is 2.05 bits per heavy atom. The number of nitrogens with two attached hydrogens (primary N) is 1. The first kappa shape index (κ1) is 14.8. The second-order valence-electron chi connectivity index (χ2n) is 4.18. The molecule has 1 aromatic heterocycles. The van der Waals surface area contributed by atoms with Crippen LogP contribution in [-0.4, -0.2) is 13.4 Å². The van der Waals surface area contributed by atoms with Crippen molar-refractivity contribution in [2.75, 3.05) is 10.5 Å². The number of nitrogens with one attached hydrogen (secondary N) is 1. The molecule has 0 aliphatic carbocycles. The van der Waals surface area contributed by atoms with Crippen molar-refractivity contribution in [3.05, 3.63) is 46.6 Å². The summed E-state index contributed by atoms with van der Waals surface area (Å²) in [6, 6.07) is 8.29. The lowest BCUT2D eigenvalue weighted by Crippen LogP contribution is -2.14. The zero-order chi connectivity index (χ0) is 14.8. The van der Waals surface area contributed by atoms with Gasteiger partial charge in [0, 0.05) is 10.7 Å². The first-order chi connectivity index (χ1) is 9.42. The smallest absolute Gasteiger partial charge is 0.263 e. The number of anilines is 2. The summed E-state index contributed by atoms with van der Waals surface area (Å²) in [7, 11) is -3.66. The Morgan fingerprint density at radius 1 is 1.30 bits per heavy atom. The van der Waals surface area contributed by atoms with Crippen molar-refractivity contribution >= 4 is 37.5 Å². The molecule has 1 heterocycles. The van der Waals surface area contributed by atoms with Gasteiger partial charge in [-0.15, -0.1) is 0 Å². The molecule has 0 fully saturated rings. The molecule has 20 heavy (non-hydrogen) atoms. The molecule has 0 aliphatic heterocycles. The summed E-state index contributed by atoms with van der Waals surface area (Å²) in [5.74, 6) is 0.279. The number of pyridine rings is 1. The Labute approximate surface area is 126 Å². The lowest BCUT2D eigenvalue weighted by molar-refractivity contribution is 0.601. The molecular weight excluding hydrogens is 342 g/mol. The summed E-state index contributed by atoms with van der Waals surface area (Å²) in [5.41, 5.74) is 6.92. The summed E-state index contributed by atoms with van der Waals surface area (Å²) < 4.78 is 28.0. The van der Waals surface area contributed by atoms with Crippen LogP contribution in [0.25, 0.3) is 0 Å². The number of halogens is 1. The van der Waals surface area contributed by atoms with E-state index in [-0.39, 0.29) is 10.7 Å². The summed E-state index contributed by atoms with van der Waals surface area (Å²) in [6.07, 6.45) is 1.96. The van der Waals surface area contributed by atoms with Crippen LogP contribution >= 0.6 is 15.9 Å². The summed E-state index contributed by atoms with van der Waals surface area (Å²) in [5, 5.41) is 0.